The number of halogens is 1. The first kappa shape index (κ1) is 5.63. The lowest BCUT2D eigenvalue weighted by molar-refractivity contribution is 1.11. The van der Waals surface area contributed by atoms with E-state index in [2.05, 4.69) is 0 Å². The van der Waals surface area contributed by atoms with Crippen LogP contribution in [0, 0.1) is 0 Å². The third-order valence-electron chi connectivity index (χ3n) is 0.425. The van der Waals surface area contributed by atoms with Crippen LogP contribution < -0.4 is 0 Å². The fourth-order valence-corrected chi connectivity index (χ4v) is 0.680. The van der Waals surface area contributed by atoms with Crippen LogP contribution in [0.1, 0.15) is 0 Å². The van der Waals surface area contributed by atoms with Gasteiger partial charge in [0.2, 0.25) is 0 Å². The number of hydrogen-bond acceptors (Lipinski definition) is 1. The van der Waals surface area contributed by atoms with Crippen molar-refractivity contribution >= 4 is 11.3 Å². The molecule has 0 saturated carbocycles. The lowest BCUT2D eigenvalue weighted by atomic mass is 10.7. The lowest BCUT2D eigenvalue weighted by Gasteiger charge is -1.39. The maximum absolute atomic E-state index is 2.04. The molecule has 0 unspecified atom stereocenters. The predicted octanol–water partition coefficient (Wildman–Crippen LogP) is 1.90. The van der Waals surface area contributed by atoms with Crippen LogP contribution in [0.15, 0.2) is 22.9 Å². The average Bonchev–Trinajstić information content (AvgIpc) is 1.76. The number of rotatable bonds is 0. The summed E-state index contributed by atoms with van der Waals surface area (Å²) in [5.41, 5.74) is 0. The second kappa shape index (κ2) is 2.85. The third kappa shape index (κ3) is 1.17. The number of hydrogen-bond donors (Lipinski definition) is 0. The van der Waals surface area contributed by atoms with E-state index in [1.165, 1.54) is 0 Å². The van der Waals surface area contributed by atoms with Gasteiger partial charge in [0.05, 0.1) is 0 Å². The quantitative estimate of drug-likeness (QED) is 0.471. The number of thiophene rings is 1. The molecular formula is C4H5FS. The van der Waals surface area contributed by atoms with E-state index in [0.717, 1.165) is 0 Å². The molecule has 1 aromatic heterocycles. The van der Waals surface area contributed by atoms with E-state index in [4.69, 9.17) is 0 Å². The van der Waals surface area contributed by atoms with Gasteiger partial charge in [0, 0.05) is 0 Å². The fraction of sp³-hybridized carbons (Fsp3) is 0. The Hall–Kier alpha value is -0.370. The minimum Gasteiger partial charge on any atom is -0.269 e. The first-order chi connectivity index (χ1) is 2.50. The Morgan fingerprint density at radius 2 is 1.50 bits per heavy atom. The van der Waals surface area contributed by atoms with Gasteiger partial charge in [-0.25, -0.2) is 0 Å². The predicted molar refractivity (Wildman–Crippen MR) is 26.8 cm³/mol. The zero-order chi connectivity index (χ0) is 3.54. The highest BCUT2D eigenvalue weighted by Crippen LogP contribution is 1.91. The molecule has 0 atom stereocenters. The standard InChI is InChI=1S/C4H4S.FH/c1-2-4-5-3-1;/h1-4H;1H. The molecule has 1 aromatic rings. The van der Waals surface area contributed by atoms with Crippen molar-refractivity contribution in [1.82, 2.24) is 0 Å². The van der Waals surface area contributed by atoms with E-state index in [1.807, 2.05) is 22.9 Å². The van der Waals surface area contributed by atoms with Gasteiger partial charge in [0.1, 0.15) is 0 Å². The molecule has 34 valence electrons. The maximum Gasteiger partial charge on any atom is -0.00934 e. The summed E-state index contributed by atoms with van der Waals surface area (Å²) in [6.07, 6.45) is 0. The van der Waals surface area contributed by atoms with Gasteiger partial charge in [-0.3, -0.25) is 4.70 Å². The van der Waals surface area contributed by atoms with Gasteiger partial charge >= 0.3 is 0 Å². The second-order valence-electron chi connectivity index (χ2n) is 0.793. The smallest absolute Gasteiger partial charge is 0.00934 e. The molecule has 2 heteroatoms. The van der Waals surface area contributed by atoms with Gasteiger partial charge in [0.25, 0.3) is 0 Å². The van der Waals surface area contributed by atoms with Crippen molar-refractivity contribution in [2.75, 3.05) is 0 Å². The minimum absolute atomic E-state index is 0. The molecule has 0 spiro atoms. The lowest BCUT2D eigenvalue weighted by Crippen LogP contribution is -1.16. The Balaban J connectivity index is 0.000000250. The van der Waals surface area contributed by atoms with Crippen LogP contribution in [0.25, 0.3) is 0 Å². The molecule has 0 N–H and O–H groups in total. The van der Waals surface area contributed by atoms with E-state index < -0.39 is 0 Å². The Morgan fingerprint density at radius 3 is 1.67 bits per heavy atom. The molecule has 0 saturated heterocycles. The van der Waals surface area contributed by atoms with Gasteiger partial charge in [-0.1, -0.05) is 12.1 Å². The van der Waals surface area contributed by atoms with Gasteiger partial charge in [-0.2, -0.15) is 11.3 Å². The normalized spacial score (nSPS) is 6.67. The van der Waals surface area contributed by atoms with Crippen LogP contribution in [0.4, 0.5) is 4.70 Å². The van der Waals surface area contributed by atoms with Crippen molar-refractivity contribution in [3.63, 3.8) is 0 Å². The Bertz CT molecular complexity index is 64.0. The summed E-state index contributed by atoms with van der Waals surface area (Å²) < 4.78 is 0. The highest BCUT2D eigenvalue weighted by molar-refractivity contribution is 7.07. The molecule has 1 rings (SSSR count). The fourth-order valence-electron chi connectivity index (χ4n) is 0.227. The van der Waals surface area contributed by atoms with Gasteiger partial charge in [-0.15, -0.1) is 0 Å². The Labute approximate surface area is 39.8 Å². The molecule has 6 heavy (non-hydrogen) atoms. The van der Waals surface area contributed by atoms with Crippen LogP contribution in [-0.4, -0.2) is 0 Å². The van der Waals surface area contributed by atoms with Gasteiger partial charge < -0.3 is 0 Å². The molecule has 0 aliphatic rings. The van der Waals surface area contributed by atoms with Gasteiger partial charge in [0.15, 0.2) is 0 Å². The summed E-state index contributed by atoms with van der Waals surface area (Å²) in [6, 6.07) is 4.04. The van der Waals surface area contributed by atoms with Crippen LogP contribution in [-0.2, 0) is 0 Å². The van der Waals surface area contributed by atoms with Crippen molar-refractivity contribution < 1.29 is 4.70 Å². The SMILES string of the molecule is F.c1ccsc1. The van der Waals surface area contributed by atoms with Gasteiger partial charge in [-0.05, 0) is 10.8 Å². The van der Waals surface area contributed by atoms with Crippen LogP contribution in [0.3, 0.4) is 0 Å². The second-order valence-corrected chi connectivity index (χ2v) is 1.61. The van der Waals surface area contributed by atoms with E-state index in [0.29, 0.717) is 0 Å². The van der Waals surface area contributed by atoms with Crippen molar-refractivity contribution in [2.45, 2.75) is 0 Å². The van der Waals surface area contributed by atoms with E-state index >= 15 is 0 Å². The van der Waals surface area contributed by atoms with Crippen LogP contribution in [0.2, 0.25) is 0 Å². The highest BCUT2D eigenvalue weighted by Gasteiger charge is 1.58. The Morgan fingerprint density at radius 1 is 1.00 bits per heavy atom. The molecule has 0 bridgehead atoms. The largest absolute Gasteiger partial charge is 0.269 e. The first-order valence-electron chi connectivity index (χ1n) is 1.47. The molecule has 0 nitrogen and oxygen atoms in total. The molecule has 0 aliphatic carbocycles. The molecular weight excluding hydrogens is 99.1 g/mol. The molecule has 0 fully saturated rings. The maximum atomic E-state index is 2.04. The summed E-state index contributed by atoms with van der Waals surface area (Å²) in [5, 5.41) is 4.08. The first-order valence-corrected chi connectivity index (χ1v) is 2.41. The van der Waals surface area contributed by atoms with Crippen molar-refractivity contribution in [1.29, 1.82) is 0 Å². The zero-order valence-corrected chi connectivity index (χ0v) is 3.94. The minimum atomic E-state index is 0. The summed E-state index contributed by atoms with van der Waals surface area (Å²) in [6.45, 7) is 0. The van der Waals surface area contributed by atoms with E-state index in [1.54, 1.807) is 11.3 Å². The van der Waals surface area contributed by atoms with Crippen molar-refractivity contribution in [3.8, 4) is 0 Å². The highest BCUT2D eigenvalue weighted by atomic mass is 32.1. The van der Waals surface area contributed by atoms with Crippen molar-refractivity contribution in [3.05, 3.63) is 22.9 Å². The molecule has 0 amide bonds. The molecule has 0 radical (unpaired) electrons. The van der Waals surface area contributed by atoms with E-state index in [-0.39, 0.29) is 4.70 Å². The zero-order valence-electron chi connectivity index (χ0n) is 3.13. The molecule has 1 heterocycles. The molecule has 0 aromatic carbocycles. The van der Waals surface area contributed by atoms with Crippen LogP contribution in [0.5, 0.6) is 0 Å². The third-order valence-corrected chi connectivity index (χ3v) is 1.05. The molecule has 0 aliphatic heterocycles. The summed E-state index contributed by atoms with van der Waals surface area (Å²) in [4.78, 5) is 0. The van der Waals surface area contributed by atoms with Crippen LogP contribution >= 0.6 is 11.3 Å². The van der Waals surface area contributed by atoms with Crippen molar-refractivity contribution in [2.24, 2.45) is 0 Å². The summed E-state index contributed by atoms with van der Waals surface area (Å²) >= 11 is 1.71. The summed E-state index contributed by atoms with van der Waals surface area (Å²) in [7, 11) is 0. The summed E-state index contributed by atoms with van der Waals surface area (Å²) in [5.74, 6) is 0. The van der Waals surface area contributed by atoms with E-state index in [9.17, 15) is 0 Å². The Kier molecular flexibility index (Phi) is 2.67. The monoisotopic (exact) mass is 104 g/mol. The average molecular weight is 104 g/mol. The topological polar surface area (TPSA) is 0 Å².